The minimum absolute atomic E-state index is 1.17. The van der Waals surface area contributed by atoms with Gasteiger partial charge in [-0.3, -0.25) is 0 Å². The first-order chi connectivity index (χ1) is 5.77. The van der Waals surface area contributed by atoms with E-state index in [1.807, 2.05) is 13.0 Å². The lowest BCUT2D eigenvalue weighted by molar-refractivity contribution is 0.760. The van der Waals surface area contributed by atoms with Crippen LogP contribution in [0.3, 0.4) is 0 Å². The molecule has 12 heavy (non-hydrogen) atoms. The molecule has 0 aromatic carbocycles. The van der Waals surface area contributed by atoms with Gasteiger partial charge in [0.05, 0.1) is 0 Å². The van der Waals surface area contributed by atoms with E-state index in [0.29, 0.717) is 0 Å². The van der Waals surface area contributed by atoms with Crippen molar-refractivity contribution >= 4 is 0 Å². The lowest BCUT2D eigenvalue weighted by Gasteiger charge is -1.92. The predicted octanol–water partition coefficient (Wildman–Crippen LogP) is 4.24. The van der Waals surface area contributed by atoms with Crippen molar-refractivity contribution in [2.75, 3.05) is 0 Å². The molecule has 0 atom stereocenters. The summed E-state index contributed by atoms with van der Waals surface area (Å²) < 4.78 is 0. The minimum atomic E-state index is 1.17. The topological polar surface area (TPSA) is 0 Å². The van der Waals surface area contributed by atoms with Crippen LogP contribution in [0.2, 0.25) is 0 Å². The summed E-state index contributed by atoms with van der Waals surface area (Å²) in [6.07, 6.45) is 11.3. The molecule has 68 valence electrons. The summed E-state index contributed by atoms with van der Waals surface area (Å²) in [6, 6.07) is 0. The van der Waals surface area contributed by atoms with Gasteiger partial charge in [-0.25, -0.2) is 0 Å². The molecule has 0 nitrogen and oxygen atoms in total. The van der Waals surface area contributed by atoms with E-state index >= 15 is 0 Å². The monoisotopic (exact) mass is 164 g/mol. The zero-order valence-corrected chi connectivity index (χ0v) is 8.56. The number of rotatable bonds is 5. The molecule has 0 spiro atoms. The molecule has 0 aliphatic rings. The van der Waals surface area contributed by atoms with Gasteiger partial charge >= 0.3 is 0 Å². The van der Waals surface area contributed by atoms with Crippen LogP contribution >= 0.6 is 0 Å². The Balaban J connectivity index is 3.22. The first kappa shape index (κ1) is 11.3. The highest BCUT2D eigenvalue weighted by Gasteiger charge is 1.83. The molecule has 0 fully saturated rings. The molecular weight excluding hydrogens is 144 g/mol. The van der Waals surface area contributed by atoms with Crippen molar-refractivity contribution in [2.24, 2.45) is 0 Å². The summed E-state index contributed by atoms with van der Waals surface area (Å²) in [4.78, 5) is 0. The van der Waals surface area contributed by atoms with Crippen LogP contribution in [0.15, 0.2) is 29.5 Å². The summed E-state index contributed by atoms with van der Waals surface area (Å²) in [6.45, 7) is 6.30. The van der Waals surface area contributed by atoms with E-state index in [2.05, 4.69) is 31.7 Å². The first-order valence-electron chi connectivity index (χ1n) is 4.76. The van der Waals surface area contributed by atoms with Gasteiger partial charge in [0.25, 0.3) is 0 Å². The summed E-state index contributed by atoms with van der Waals surface area (Å²) in [5, 5.41) is 0. The number of unbranched alkanes of at least 4 members (excludes halogenated alkanes) is 3. The second-order valence-corrected chi connectivity index (χ2v) is 3.23. The highest BCUT2D eigenvalue weighted by atomic mass is 13.9. The maximum atomic E-state index is 3.08. The van der Waals surface area contributed by atoms with Crippen LogP contribution in [0.1, 0.15) is 46.5 Å². The normalized spacial score (nSPS) is 8.58. The van der Waals surface area contributed by atoms with E-state index in [4.69, 9.17) is 0 Å². The third-order valence-corrected chi connectivity index (χ3v) is 1.64. The Morgan fingerprint density at radius 2 is 1.83 bits per heavy atom. The summed E-state index contributed by atoms with van der Waals surface area (Å²) >= 11 is 0. The minimum Gasteiger partial charge on any atom is -0.130 e. The van der Waals surface area contributed by atoms with E-state index in [1.54, 1.807) is 0 Å². The lowest BCUT2D eigenvalue weighted by Crippen LogP contribution is -1.73. The summed E-state index contributed by atoms with van der Waals surface area (Å²) in [5.41, 5.74) is 4.51. The van der Waals surface area contributed by atoms with E-state index in [9.17, 15) is 0 Å². The first-order valence-corrected chi connectivity index (χ1v) is 4.76. The van der Waals surface area contributed by atoms with E-state index in [1.165, 1.54) is 31.3 Å². The van der Waals surface area contributed by atoms with Gasteiger partial charge in [0.2, 0.25) is 0 Å². The van der Waals surface area contributed by atoms with E-state index < -0.39 is 0 Å². The fraction of sp³-hybridized carbons (Fsp3) is 0.583. The number of hydrogen-bond donors (Lipinski definition) is 0. The third-order valence-electron chi connectivity index (χ3n) is 1.64. The average molecular weight is 164 g/mol. The molecule has 0 amide bonds. The van der Waals surface area contributed by atoms with Gasteiger partial charge in [-0.1, -0.05) is 11.6 Å². The van der Waals surface area contributed by atoms with Gasteiger partial charge in [-0.05, 0) is 58.6 Å². The van der Waals surface area contributed by atoms with Crippen molar-refractivity contribution in [1.82, 2.24) is 0 Å². The second-order valence-electron chi connectivity index (χ2n) is 3.23. The Morgan fingerprint density at radius 3 is 2.42 bits per heavy atom. The summed E-state index contributed by atoms with van der Waals surface area (Å²) in [7, 11) is 0. The van der Waals surface area contributed by atoms with Crippen LogP contribution in [-0.2, 0) is 0 Å². The second kappa shape index (κ2) is 8.36. The van der Waals surface area contributed by atoms with Gasteiger partial charge in [0.15, 0.2) is 0 Å². The molecule has 0 saturated heterocycles. The molecule has 0 rings (SSSR count). The maximum Gasteiger partial charge on any atom is -0.0274 e. The Kier molecular flexibility index (Phi) is 7.84. The molecule has 0 aromatic heterocycles. The van der Waals surface area contributed by atoms with Gasteiger partial charge < -0.3 is 0 Å². The fourth-order valence-corrected chi connectivity index (χ4v) is 0.983. The Bertz CT molecular complexity index is 174. The van der Waals surface area contributed by atoms with E-state index in [0.717, 1.165) is 0 Å². The fourth-order valence-electron chi connectivity index (χ4n) is 0.983. The molecule has 0 heteroatoms. The van der Waals surface area contributed by atoms with Gasteiger partial charge in [-0.15, -0.1) is 5.73 Å². The maximum absolute atomic E-state index is 3.08. The van der Waals surface area contributed by atoms with Crippen molar-refractivity contribution in [3.8, 4) is 0 Å². The largest absolute Gasteiger partial charge is 0.130 e. The van der Waals surface area contributed by atoms with Gasteiger partial charge in [0.1, 0.15) is 0 Å². The number of allylic oxidation sites excluding steroid dienone is 3. The molecule has 0 heterocycles. The highest BCUT2D eigenvalue weighted by Crippen LogP contribution is 2.03. The van der Waals surface area contributed by atoms with Crippen LogP contribution < -0.4 is 0 Å². The standard InChI is InChI=1S/C12H20/c1-4-5-6-7-8-9-10-11-12(2)3/h4,6,11H,7-10H2,1-3H3. The molecule has 0 aromatic rings. The molecular formula is C12H20. The van der Waals surface area contributed by atoms with Gasteiger partial charge in [-0.2, -0.15) is 0 Å². The molecule has 0 aliphatic carbocycles. The van der Waals surface area contributed by atoms with Crippen molar-refractivity contribution in [3.05, 3.63) is 29.5 Å². The highest BCUT2D eigenvalue weighted by molar-refractivity contribution is 4.92. The predicted molar refractivity (Wildman–Crippen MR) is 56.2 cm³/mol. The molecule has 0 unspecified atom stereocenters. The molecule has 0 radical (unpaired) electrons. The lowest BCUT2D eigenvalue weighted by atomic mass is 10.1. The van der Waals surface area contributed by atoms with Crippen LogP contribution in [0.5, 0.6) is 0 Å². The zero-order valence-electron chi connectivity index (χ0n) is 8.56. The Morgan fingerprint density at radius 1 is 1.17 bits per heavy atom. The quantitative estimate of drug-likeness (QED) is 0.324. The molecule has 0 bridgehead atoms. The van der Waals surface area contributed by atoms with Crippen LogP contribution in [0.25, 0.3) is 0 Å². The number of hydrogen-bond acceptors (Lipinski definition) is 0. The van der Waals surface area contributed by atoms with Crippen LogP contribution in [0, 0.1) is 0 Å². The summed E-state index contributed by atoms with van der Waals surface area (Å²) in [5.74, 6) is 0. The van der Waals surface area contributed by atoms with Crippen molar-refractivity contribution in [2.45, 2.75) is 46.5 Å². The van der Waals surface area contributed by atoms with Gasteiger partial charge in [0, 0.05) is 0 Å². The molecule has 0 aliphatic heterocycles. The smallest absolute Gasteiger partial charge is 0.0274 e. The van der Waals surface area contributed by atoms with Crippen LogP contribution in [-0.4, -0.2) is 0 Å². The SMILES string of the molecule is CC=C=CCCCCC=C(C)C. The van der Waals surface area contributed by atoms with Crippen molar-refractivity contribution < 1.29 is 0 Å². The van der Waals surface area contributed by atoms with Crippen LogP contribution in [0.4, 0.5) is 0 Å². The van der Waals surface area contributed by atoms with E-state index in [-0.39, 0.29) is 0 Å². The zero-order chi connectivity index (χ0) is 9.23. The average Bonchev–Trinajstić information content (AvgIpc) is 2.02. The third kappa shape index (κ3) is 9.26. The van der Waals surface area contributed by atoms with Crippen molar-refractivity contribution in [1.29, 1.82) is 0 Å². The van der Waals surface area contributed by atoms with Crippen molar-refractivity contribution in [3.63, 3.8) is 0 Å². The molecule has 0 N–H and O–H groups in total. The Hall–Kier alpha value is -0.740. The Labute approximate surface area is 76.7 Å². The molecule has 0 saturated carbocycles.